The van der Waals surface area contributed by atoms with E-state index in [0.717, 1.165) is 13.1 Å². The van der Waals surface area contributed by atoms with Gasteiger partial charge in [0.15, 0.2) is 0 Å². The average Bonchev–Trinajstić information content (AvgIpc) is 2.40. The fourth-order valence-corrected chi connectivity index (χ4v) is 2.56. The van der Waals surface area contributed by atoms with Crippen molar-refractivity contribution >= 4 is 11.4 Å². The summed E-state index contributed by atoms with van der Waals surface area (Å²) in [5.74, 6) is 0. The molecule has 2 heteroatoms. The van der Waals surface area contributed by atoms with Crippen LogP contribution in [0.5, 0.6) is 0 Å². The summed E-state index contributed by atoms with van der Waals surface area (Å²) in [7, 11) is 0. The third-order valence-corrected chi connectivity index (χ3v) is 3.69. The van der Waals surface area contributed by atoms with E-state index in [0.29, 0.717) is 0 Å². The molecule has 20 heavy (non-hydrogen) atoms. The first-order chi connectivity index (χ1) is 9.59. The van der Waals surface area contributed by atoms with Crippen LogP contribution < -0.4 is 10.6 Å². The molecule has 0 aliphatic heterocycles. The SMILES string of the molecule is Cc1cccc(C)c1NCCNc1c(C)cccc1C. The van der Waals surface area contributed by atoms with E-state index in [-0.39, 0.29) is 0 Å². The number of hydrogen-bond donors (Lipinski definition) is 2. The Labute approximate surface area is 122 Å². The summed E-state index contributed by atoms with van der Waals surface area (Å²) in [6.07, 6.45) is 0. The summed E-state index contributed by atoms with van der Waals surface area (Å²) in [5, 5.41) is 7.06. The average molecular weight is 268 g/mol. The second-order valence-corrected chi connectivity index (χ2v) is 5.39. The van der Waals surface area contributed by atoms with Crippen molar-refractivity contribution in [3.63, 3.8) is 0 Å². The zero-order chi connectivity index (χ0) is 14.5. The van der Waals surface area contributed by atoms with E-state index in [4.69, 9.17) is 0 Å². The van der Waals surface area contributed by atoms with Crippen LogP contribution in [-0.4, -0.2) is 13.1 Å². The highest BCUT2D eigenvalue weighted by molar-refractivity contribution is 5.58. The van der Waals surface area contributed by atoms with Gasteiger partial charge in [-0.1, -0.05) is 36.4 Å². The normalized spacial score (nSPS) is 10.4. The van der Waals surface area contributed by atoms with Crippen molar-refractivity contribution in [1.29, 1.82) is 0 Å². The number of rotatable bonds is 5. The third-order valence-electron chi connectivity index (χ3n) is 3.69. The molecule has 0 spiro atoms. The molecular formula is C18H24N2. The van der Waals surface area contributed by atoms with E-state index in [2.05, 4.69) is 74.7 Å². The highest BCUT2D eigenvalue weighted by atomic mass is 15.0. The number of nitrogens with one attached hydrogen (secondary N) is 2. The minimum absolute atomic E-state index is 0.916. The number of para-hydroxylation sites is 2. The summed E-state index contributed by atoms with van der Waals surface area (Å²) in [4.78, 5) is 0. The van der Waals surface area contributed by atoms with Gasteiger partial charge in [0.05, 0.1) is 0 Å². The second-order valence-electron chi connectivity index (χ2n) is 5.39. The van der Waals surface area contributed by atoms with Gasteiger partial charge in [-0.3, -0.25) is 0 Å². The van der Waals surface area contributed by atoms with Crippen LogP contribution in [0.2, 0.25) is 0 Å². The summed E-state index contributed by atoms with van der Waals surface area (Å²) < 4.78 is 0. The van der Waals surface area contributed by atoms with E-state index >= 15 is 0 Å². The lowest BCUT2D eigenvalue weighted by Gasteiger charge is -2.15. The van der Waals surface area contributed by atoms with Gasteiger partial charge in [0.1, 0.15) is 0 Å². The Morgan fingerprint density at radius 2 is 0.900 bits per heavy atom. The molecule has 0 fully saturated rings. The Kier molecular flexibility index (Phi) is 4.67. The molecule has 2 N–H and O–H groups in total. The van der Waals surface area contributed by atoms with E-state index in [1.54, 1.807) is 0 Å². The van der Waals surface area contributed by atoms with Crippen molar-refractivity contribution < 1.29 is 0 Å². The predicted octanol–water partition coefficient (Wildman–Crippen LogP) is 4.44. The summed E-state index contributed by atoms with van der Waals surface area (Å²) in [5.41, 5.74) is 7.73. The highest BCUT2D eigenvalue weighted by Gasteiger charge is 2.02. The zero-order valence-electron chi connectivity index (χ0n) is 12.9. The standard InChI is InChI=1S/C18H24N2/c1-13-7-5-8-14(2)17(13)19-11-12-20-18-15(3)9-6-10-16(18)4/h5-10,19-20H,11-12H2,1-4H3. The maximum absolute atomic E-state index is 3.53. The lowest BCUT2D eigenvalue weighted by atomic mass is 10.1. The molecule has 0 bridgehead atoms. The van der Waals surface area contributed by atoms with Crippen LogP contribution >= 0.6 is 0 Å². The van der Waals surface area contributed by atoms with Crippen molar-refractivity contribution in [2.45, 2.75) is 27.7 Å². The lowest BCUT2D eigenvalue weighted by molar-refractivity contribution is 1.06. The Balaban J connectivity index is 1.91. The molecule has 2 aromatic rings. The second kappa shape index (κ2) is 6.47. The number of hydrogen-bond acceptors (Lipinski definition) is 2. The largest absolute Gasteiger partial charge is 0.383 e. The molecule has 0 atom stereocenters. The van der Waals surface area contributed by atoms with Gasteiger partial charge in [-0.05, 0) is 49.9 Å². The van der Waals surface area contributed by atoms with E-state index in [9.17, 15) is 0 Å². The van der Waals surface area contributed by atoms with Crippen molar-refractivity contribution in [1.82, 2.24) is 0 Å². The van der Waals surface area contributed by atoms with Crippen LogP contribution in [0.4, 0.5) is 11.4 Å². The van der Waals surface area contributed by atoms with Crippen molar-refractivity contribution in [2.75, 3.05) is 23.7 Å². The maximum Gasteiger partial charge on any atom is 0.0400 e. The number of aryl methyl sites for hydroxylation is 4. The molecule has 2 rings (SSSR count). The van der Waals surface area contributed by atoms with Gasteiger partial charge in [-0.2, -0.15) is 0 Å². The fraction of sp³-hybridized carbons (Fsp3) is 0.333. The van der Waals surface area contributed by atoms with Crippen molar-refractivity contribution in [3.8, 4) is 0 Å². The summed E-state index contributed by atoms with van der Waals surface area (Å²) >= 11 is 0. The van der Waals surface area contributed by atoms with Crippen LogP contribution in [0.1, 0.15) is 22.3 Å². The summed E-state index contributed by atoms with van der Waals surface area (Å²) in [6, 6.07) is 12.8. The van der Waals surface area contributed by atoms with Crippen LogP contribution in [-0.2, 0) is 0 Å². The van der Waals surface area contributed by atoms with Crippen molar-refractivity contribution in [3.05, 3.63) is 58.7 Å². The molecule has 0 amide bonds. The molecule has 0 unspecified atom stereocenters. The van der Waals surface area contributed by atoms with Gasteiger partial charge in [0, 0.05) is 24.5 Å². The first kappa shape index (κ1) is 14.4. The molecular weight excluding hydrogens is 244 g/mol. The predicted molar refractivity (Wildman–Crippen MR) is 88.8 cm³/mol. The molecule has 0 radical (unpaired) electrons. The van der Waals surface area contributed by atoms with Crippen LogP contribution in [0.15, 0.2) is 36.4 Å². The van der Waals surface area contributed by atoms with Crippen LogP contribution in [0.3, 0.4) is 0 Å². The van der Waals surface area contributed by atoms with E-state index < -0.39 is 0 Å². The van der Waals surface area contributed by atoms with Gasteiger partial charge in [-0.15, -0.1) is 0 Å². The molecule has 0 aromatic heterocycles. The van der Waals surface area contributed by atoms with Gasteiger partial charge in [0.2, 0.25) is 0 Å². The Morgan fingerprint density at radius 1 is 0.600 bits per heavy atom. The maximum atomic E-state index is 3.53. The van der Waals surface area contributed by atoms with Gasteiger partial charge >= 0.3 is 0 Å². The lowest BCUT2D eigenvalue weighted by Crippen LogP contribution is -2.15. The fourth-order valence-electron chi connectivity index (χ4n) is 2.56. The van der Waals surface area contributed by atoms with Gasteiger partial charge < -0.3 is 10.6 Å². The third kappa shape index (κ3) is 3.32. The number of benzene rings is 2. The number of anilines is 2. The smallest absolute Gasteiger partial charge is 0.0400 e. The Bertz CT molecular complexity index is 494. The van der Waals surface area contributed by atoms with Gasteiger partial charge in [0.25, 0.3) is 0 Å². The topological polar surface area (TPSA) is 24.1 Å². The van der Waals surface area contributed by atoms with Crippen molar-refractivity contribution in [2.24, 2.45) is 0 Å². The highest BCUT2D eigenvalue weighted by Crippen LogP contribution is 2.20. The van der Waals surface area contributed by atoms with E-state index in [1.165, 1.54) is 33.6 Å². The molecule has 0 saturated heterocycles. The monoisotopic (exact) mass is 268 g/mol. The molecule has 0 aliphatic carbocycles. The molecule has 0 heterocycles. The summed E-state index contributed by atoms with van der Waals surface area (Å²) in [6.45, 7) is 10.4. The van der Waals surface area contributed by atoms with E-state index in [1.807, 2.05) is 0 Å². The minimum Gasteiger partial charge on any atom is -0.383 e. The van der Waals surface area contributed by atoms with Gasteiger partial charge in [-0.25, -0.2) is 0 Å². The van der Waals surface area contributed by atoms with Crippen LogP contribution in [0, 0.1) is 27.7 Å². The Hall–Kier alpha value is -1.96. The molecule has 2 aromatic carbocycles. The Morgan fingerprint density at radius 3 is 1.20 bits per heavy atom. The van der Waals surface area contributed by atoms with Crippen LogP contribution in [0.25, 0.3) is 0 Å². The molecule has 2 nitrogen and oxygen atoms in total. The zero-order valence-corrected chi connectivity index (χ0v) is 12.9. The molecule has 0 saturated carbocycles. The molecule has 106 valence electrons. The first-order valence-corrected chi connectivity index (χ1v) is 7.20. The minimum atomic E-state index is 0.916. The molecule has 0 aliphatic rings. The quantitative estimate of drug-likeness (QED) is 0.783. The first-order valence-electron chi connectivity index (χ1n) is 7.20.